The first-order chi connectivity index (χ1) is 15.2. The van der Waals surface area contributed by atoms with Gasteiger partial charge in [-0.3, -0.25) is 9.36 Å². The maximum atomic E-state index is 13.1. The van der Waals surface area contributed by atoms with Crippen molar-refractivity contribution in [1.82, 2.24) is 30.0 Å². The molecule has 0 saturated heterocycles. The molecule has 0 unspecified atom stereocenters. The van der Waals surface area contributed by atoms with Gasteiger partial charge in [0.15, 0.2) is 11.6 Å². The molecule has 0 spiro atoms. The molecule has 1 amide bonds. The quantitative estimate of drug-likeness (QED) is 0.504. The van der Waals surface area contributed by atoms with Crippen LogP contribution in [-0.4, -0.2) is 30.6 Å². The van der Waals surface area contributed by atoms with Gasteiger partial charge in [0.1, 0.15) is 17.8 Å². The third-order valence-electron chi connectivity index (χ3n) is 4.89. The molecule has 0 fully saturated rings. The van der Waals surface area contributed by atoms with E-state index >= 15 is 0 Å². The van der Waals surface area contributed by atoms with Crippen LogP contribution in [0.4, 0.5) is 4.39 Å². The summed E-state index contributed by atoms with van der Waals surface area (Å²) in [7, 11) is 0. The maximum absolute atomic E-state index is 13.1. The van der Waals surface area contributed by atoms with E-state index in [0.717, 1.165) is 5.56 Å². The van der Waals surface area contributed by atoms with Gasteiger partial charge in [-0.15, -0.1) is 0 Å². The molecule has 0 aliphatic carbocycles. The van der Waals surface area contributed by atoms with E-state index in [4.69, 9.17) is 4.52 Å². The Morgan fingerprint density at radius 3 is 2.59 bits per heavy atom. The molecule has 0 aliphatic heterocycles. The summed E-state index contributed by atoms with van der Waals surface area (Å²) in [6, 6.07) is 9.26. The summed E-state index contributed by atoms with van der Waals surface area (Å²) >= 11 is 0. The molecule has 4 rings (SSSR count). The van der Waals surface area contributed by atoms with Crippen LogP contribution in [-0.2, 0) is 5.41 Å². The van der Waals surface area contributed by atoms with Gasteiger partial charge in [0.2, 0.25) is 0 Å². The van der Waals surface area contributed by atoms with Crippen molar-refractivity contribution in [3.8, 4) is 17.3 Å². The van der Waals surface area contributed by atoms with Crippen LogP contribution in [0.25, 0.3) is 17.3 Å². The predicted molar refractivity (Wildman–Crippen MR) is 116 cm³/mol. The molecule has 0 bridgehead atoms. The van der Waals surface area contributed by atoms with Gasteiger partial charge in [-0.2, -0.15) is 4.98 Å². The Morgan fingerprint density at radius 1 is 1.16 bits per heavy atom. The summed E-state index contributed by atoms with van der Waals surface area (Å²) in [5, 5.41) is 6.94. The van der Waals surface area contributed by atoms with Crippen molar-refractivity contribution in [2.24, 2.45) is 0 Å². The van der Waals surface area contributed by atoms with E-state index in [9.17, 15) is 9.18 Å². The Labute approximate surface area is 184 Å². The van der Waals surface area contributed by atoms with Crippen molar-refractivity contribution in [3.05, 3.63) is 78.0 Å². The highest BCUT2D eigenvalue weighted by atomic mass is 19.1. The molecule has 3 heterocycles. The molecule has 0 radical (unpaired) electrons. The van der Waals surface area contributed by atoms with E-state index in [2.05, 4.69) is 25.4 Å². The Morgan fingerprint density at radius 2 is 1.91 bits per heavy atom. The third kappa shape index (κ3) is 4.41. The lowest BCUT2D eigenvalue weighted by atomic mass is 9.96. The molecular weight excluding hydrogens is 411 g/mol. The van der Waals surface area contributed by atoms with Crippen LogP contribution in [0.2, 0.25) is 0 Å². The summed E-state index contributed by atoms with van der Waals surface area (Å²) in [4.78, 5) is 25.8. The number of benzene rings is 1. The Kier molecular flexibility index (Phi) is 5.56. The van der Waals surface area contributed by atoms with Gasteiger partial charge in [-0.05, 0) is 36.8 Å². The third-order valence-corrected chi connectivity index (χ3v) is 4.89. The predicted octanol–water partition coefficient (Wildman–Crippen LogP) is 4.24. The van der Waals surface area contributed by atoms with Gasteiger partial charge in [0, 0.05) is 17.8 Å². The molecule has 1 N–H and O–H groups in total. The smallest absolute Gasteiger partial charge is 0.271 e. The molecule has 0 saturated carbocycles. The maximum Gasteiger partial charge on any atom is 0.271 e. The van der Waals surface area contributed by atoms with Crippen molar-refractivity contribution in [3.63, 3.8) is 0 Å². The Bertz CT molecular complexity index is 1240. The van der Waals surface area contributed by atoms with E-state index in [-0.39, 0.29) is 28.9 Å². The molecular formula is C23H23FN6O2. The summed E-state index contributed by atoms with van der Waals surface area (Å²) in [6.07, 6.45) is 4.72. The van der Waals surface area contributed by atoms with Gasteiger partial charge in [0.25, 0.3) is 11.8 Å². The molecule has 164 valence electrons. The molecule has 4 aromatic rings. The summed E-state index contributed by atoms with van der Waals surface area (Å²) < 4.78 is 20.2. The lowest BCUT2D eigenvalue weighted by molar-refractivity contribution is 0.0935. The van der Waals surface area contributed by atoms with Crippen LogP contribution in [0.1, 0.15) is 55.6 Å². The second-order valence-corrected chi connectivity index (χ2v) is 8.46. The van der Waals surface area contributed by atoms with Gasteiger partial charge in [-0.25, -0.2) is 14.4 Å². The van der Waals surface area contributed by atoms with E-state index in [1.165, 1.54) is 18.5 Å². The molecule has 1 atom stereocenters. The van der Waals surface area contributed by atoms with Gasteiger partial charge < -0.3 is 9.84 Å². The lowest BCUT2D eigenvalue weighted by Gasteiger charge is -2.13. The Balaban J connectivity index is 1.57. The monoisotopic (exact) mass is 434 g/mol. The minimum atomic E-state index is -0.356. The highest BCUT2D eigenvalue weighted by Gasteiger charge is 2.23. The highest BCUT2D eigenvalue weighted by Crippen LogP contribution is 2.27. The van der Waals surface area contributed by atoms with Gasteiger partial charge >= 0.3 is 0 Å². The number of hydrogen-bond acceptors (Lipinski definition) is 6. The zero-order valence-corrected chi connectivity index (χ0v) is 18.2. The number of amides is 1. The molecule has 32 heavy (non-hydrogen) atoms. The van der Waals surface area contributed by atoms with Crippen molar-refractivity contribution in [2.75, 3.05) is 0 Å². The van der Waals surface area contributed by atoms with Gasteiger partial charge in [-0.1, -0.05) is 38.1 Å². The normalized spacial score (nSPS) is 12.5. The fourth-order valence-electron chi connectivity index (χ4n) is 3.07. The second-order valence-electron chi connectivity index (χ2n) is 8.46. The topological polar surface area (TPSA) is 98.7 Å². The fraction of sp³-hybridized carbons (Fsp3) is 0.261. The van der Waals surface area contributed by atoms with Crippen LogP contribution >= 0.6 is 0 Å². The number of aromatic nitrogens is 5. The van der Waals surface area contributed by atoms with E-state index in [0.29, 0.717) is 23.1 Å². The number of carbonyl (C=O) groups excluding carboxylic acids is 1. The van der Waals surface area contributed by atoms with E-state index < -0.39 is 0 Å². The number of nitrogens with zero attached hydrogens (tertiary/aromatic N) is 5. The molecule has 1 aromatic carbocycles. The largest absolute Gasteiger partial charge is 0.344 e. The SMILES string of the molecule is C[C@@H](NC(=O)c1cn(-c2ncccc2-c2nc(C(C)(C)C)no2)cn1)c1ccc(F)cc1. The minimum absolute atomic E-state index is 0.219. The number of nitrogens with one attached hydrogen (secondary N) is 1. The number of halogens is 1. The van der Waals surface area contributed by atoms with E-state index in [1.54, 1.807) is 35.2 Å². The van der Waals surface area contributed by atoms with Crippen LogP contribution in [0.3, 0.4) is 0 Å². The number of carbonyl (C=O) groups is 1. The number of rotatable bonds is 5. The first-order valence-electron chi connectivity index (χ1n) is 10.1. The molecule has 0 aliphatic rings. The van der Waals surface area contributed by atoms with Crippen LogP contribution in [0.5, 0.6) is 0 Å². The lowest BCUT2D eigenvalue weighted by Crippen LogP contribution is -2.26. The van der Waals surface area contributed by atoms with E-state index in [1.807, 2.05) is 33.8 Å². The second kappa shape index (κ2) is 8.33. The summed E-state index contributed by atoms with van der Waals surface area (Å²) in [5.41, 5.74) is 1.37. The van der Waals surface area contributed by atoms with Crippen molar-refractivity contribution in [1.29, 1.82) is 0 Å². The average molecular weight is 434 g/mol. The first kappa shape index (κ1) is 21.4. The fourth-order valence-corrected chi connectivity index (χ4v) is 3.07. The number of imidazole rings is 1. The summed E-state index contributed by atoms with van der Waals surface area (Å²) in [6.45, 7) is 7.82. The molecule has 9 heteroatoms. The van der Waals surface area contributed by atoms with Crippen molar-refractivity contribution in [2.45, 2.75) is 39.2 Å². The van der Waals surface area contributed by atoms with Crippen molar-refractivity contribution >= 4 is 5.91 Å². The average Bonchev–Trinajstić information content (AvgIpc) is 3.44. The number of hydrogen-bond donors (Lipinski definition) is 1. The van der Waals surface area contributed by atoms with Gasteiger partial charge in [0.05, 0.1) is 11.6 Å². The molecule has 3 aromatic heterocycles. The summed E-state index contributed by atoms with van der Waals surface area (Å²) in [5.74, 6) is 0.749. The highest BCUT2D eigenvalue weighted by molar-refractivity contribution is 5.92. The minimum Gasteiger partial charge on any atom is -0.344 e. The molecule has 8 nitrogen and oxygen atoms in total. The van der Waals surface area contributed by atoms with Crippen LogP contribution < -0.4 is 5.32 Å². The first-order valence-corrected chi connectivity index (χ1v) is 10.1. The number of pyridine rings is 1. The van der Waals surface area contributed by atoms with Crippen LogP contribution in [0, 0.1) is 5.82 Å². The zero-order valence-electron chi connectivity index (χ0n) is 18.2. The zero-order chi connectivity index (χ0) is 22.9. The standard InChI is InChI=1S/C23H23FN6O2/c1-14(15-7-9-16(24)10-8-15)27-20(31)18-12-30(13-26-18)19-17(6-5-11-25-19)21-28-22(29-32-21)23(2,3)4/h5-14H,1-4H3,(H,27,31)/t14-/m1/s1. The van der Waals surface area contributed by atoms with Crippen LogP contribution in [0.15, 0.2) is 59.6 Å². The van der Waals surface area contributed by atoms with Crippen molar-refractivity contribution < 1.29 is 13.7 Å². The Hall–Kier alpha value is -3.88.